The van der Waals surface area contributed by atoms with Gasteiger partial charge in [-0.1, -0.05) is 71.1 Å². The van der Waals surface area contributed by atoms with E-state index >= 15 is 0 Å². The lowest BCUT2D eigenvalue weighted by Crippen LogP contribution is -2.15. The minimum absolute atomic E-state index is 0.0311. The first-order valence-electron chi connectivity index (χ1n) is 17.7. The molecule has 47 heavy (non-hydrogen) atoms. The van der Waals surface area contributed by atoms with Crippen molar-refractivity contribution in [2.45, 2.75) is 77.6 Å². The summed E-state index contributed by atoms with van der Waals surface area (Å²) in [6.07, 6.45) is 14.8. The van der Waals surface area contributed by atoms with Crippen LogP contribution in [0, 0.1) is 10.1 Å². The maximum Gasteiger partial charge on any atom is 0.269 e. The van der Waals surface area contributed by atoms with Crippen molar-refractivity contribution in [3.63, 3.8) is 0 Å². The predicted molar refractivity (Wildman–Crippen MR) is 182 cm³/mol. The Bertz CT molecular complexity index is 785. The number of ether oxygens (including phenoxy) is 9. The molecule has 0 saturated carbocycles. The standard InChI is InChI=1S/C35H63NO11/c1-2-3-4-5-6-7-8-9-10-11-12-17-39-18-19-40-20-21-41-22-23-42-24-25-43-26-27-44-28-29-45-30-31-46-32-33-47-35-15-13-34(14-16-35)36(37)38/h13-16H,2-12,17-33H2,1H3. The highest BCUT2D eigenvalue weighted by Crippen LogP contribution is 2.17. The molecule has 0 N–H and O–H groups in total. The number of rotatable bonds is 38. The Kier molecular flexibility index (Phi) is 32.5. The summed E-state index contributed by atoms with van der Waals surface area (Å²) in [7, 11) is 0. The third kappa shape index (κ3) is 31.1. The number of non-ortho nitro benzene ring substituents is 1. The Labute approximate surface area is 283 Å². The van der Waals surface area contributed by atoms with E-state index < -0.39 is 4.92 Å². The molecule has 0 unspecified atom stereocenters. The summed E-state index contributed by atoms with van der Waals surface area (Å²) in [4.78, 5) is 10.2. The average molecular weight is 674 g/mol. The fourth-order valence-corrected chi connectivity index (χ4v) is 4.39. The summed E-state index contributed by atoms with van der Waals surface area (Å²) < 4.78 is 49.5. The summed E-state index contributed by atoms with van der Waals surface area (Å²) in [5, 5.41) is 10.6. The van der Waals surface area contributed by atoms with Gasteiger partial charge >= 0.3 is 0 Å². The maximum absolute atomic E-state index is 10.6. The van der Waals surface area contributed by atoms with Gasteiger partial charge < -0.3 is 42.6 Å². The van der Waals surface area contributed by atoms with E-state index in [1.165, 1.54) is 76.3 Å². The van der Waals surface area contributed by atoms with E-state index in [1.807, 2.05) is 0 Å². The van der Waals surface area contributed by atoms with Crippen LogP contribution in [0.2, 0.25) is 0 Å². The molecule has 0 radical (unpaired) electrons. The first-order chi connectivity index (χ1) is 23.2. The Morgan fingerprint density at radius 3 is 1.06 bits per heavy atom. The predicted octanol–water partition coefficient (Wildman–Crippen LogP) is 6.42. The number of nitro groups is 1. The third-order valence-corrected chi connectivity index (χ3v) is 7.04. The molecule has 0 amide bonds. The van der Waals surface area contributed by atoms with Crippen LogP contribution >= 0.6 is 0 Å². The van der Waals surface area contributed by atoms with Gasteiger partial charge in [0.2, 0.25) is 0 Å². The summed E-state index contributed by atoms with van der Waals surface area (Å²) in [5.41, 5.74) is 0.0311. The van der Waals surface area contributed by atoms with Crippen LogP contribution in [0.25, 0.3) is 0 Å². The molecular weight excluding hydrogens is 610 g/mol. The van der Waals surface area contributed by atoms with Gasteiger partial charge in [0.15, 0.2) is 0 Å². The molecule has 0 aliphatic carbocycles. The van der Waals surface area contributed by atoms with E-state index in [9.17, 15) is 10.1 Å². The molecule has 274 valence electrons. The van der Waals surface area contributed by atoms with Crippen molar-refractivity contribution in [2.75, 3.05) is 112 Å². The maximum atomic E-state index is 10.6. The molecule has 0 spiro atoms. The zero-order valence-corrected chi connectivity index (χ0v) is 29.0. The fraction of sp³-hybridized carbons (Fsp3) is 0.829. The van der Waals surface area contributed by atoms with Gasteiger partial charge in [0.1, 0.15) is 12.4 Å². The first kappa shape index (κ1) is 43.1. The number of nitrogens with zero attached hydrogens (tertiary/aromatic N) is 1. The Hall–Kier alpha value is -1.90. The number of nitro benzene ring substituents is 1. The van der Waals surface area contributed by atoms with Crippen LogP contribution in [-0.2, 0) is 37.9 Å². The van der Waals surface area contributed by atoms with E-state index in [-0.39, 0.29) is 5.69 Å². The number of unbranched alkanes of at least 4 members (excludes halogenated alkanes) is 10. The van der Waals surface area contributed by atoms with Crippen LogP contribution in [0.3, 0.4) is 0 Å². The Balaban J connectivity index is 1.64. The van der Waals surface area contributed by atoms with E-state index in [4.69, 9.17) is 42.6 Å². The van der Waals surface area contributed by atoms with Crippen LogP contribution in [0.5, 0.6) is 5.75 Å². The summed E-state index contributed by atoms with van der Waals surface area (Å²) in [6, 6.07) is 5.93. The zero-order valence-electron chi connectivity index (χ0n) is 29.0. The minimum atomic E-state index is -0.447. The monoisotopic (exact) mass is 673 g/mol. The zero-order chi connectivity index (χ0) is 33.7. The van der Waals surface area contributed by atoms with E-state index in [1.54, 1.807) is 12.1 Å². The summed E-state index contributed by atoms with van der Waals surface area (Å²) in [5.74, 6) is 0.563. The molecule has 12 heteroatoms. The second-order valence-electron chi connectivity index (χ2n) is 11.0. The lowest BCUT2D eigenvalue weighted by molar-refractivity contribution is -0.384. The van der Waals surface area contributed by atoms with Gasteiger partial charge in [-0.15, -0.1) is 0 Å². The van der Waals surface area contributed by atoms with Crippen LogP contribution < -0.4 is 4.74 Å². The first-order valence-corrected chi connectivity index (χ1v) is 17.7. The fourth-order valence-electron chi connectivity index (χ4n) is 4.39. The molecule has 0 heterocycles. The Morgan fingerprint density at radius 1 is 0.426 bits per heavy atom. The summed E-state index contributed by atoms with van der Waals surface area (Å²) in [6.45, 7) is 11.1. The van der Waals surface area contributed by atoms with Crippen LogP contribution in [0.1, 0.15) is 77.6 Å². The molecule has 0 aromatic heterocycles. The molecule has 12 nitrogen and oxygen atoms in total. The van der Waals surface area contributed by atoms with Gasteiger partial charge in [-0.25, -0.2) is 0 Å². The second-order valence-corrected chi connectivity index (χ2v) is 11.0. The van der Waals surface area contributed by atoms with Crippen molar-refractivity contribution in [1.29, 1.82) is 0 Å². The van der Waals surface area contributed by atoms with Crippen molar-refractivity contribution in [1.82, 2.24) is 0 Å². The number of hydrogen-bond acceptors (Lipinski definition) is 11. The van der Waals surface area contributed by atoms with Crippen LogP contribution in [-0.4, -0.2) is 117 Å². The van der Waals surface area contributed by atoms with Crippen molar-refractivity contribution < 1.29 is 47.6 Å². The highest BCUT2D eigenvalue weighted by atomic mass is 16.6. The van der Waals surface area contributed by atoms with Gasteiger partial charge in [-0.2, -0.15) is 0 Å². The molecule has 1 aromatic carbocycles. The molecule has 0 bridgehead atoms. The molecule has 0 atom stereocenters. The third-order valence-electron chi connectivity index (χ3n) is 7.04. The topological polar surface area (TPSA) is 126 Å². The van der Waals surface area contributed by atoms with Gasteiger partial charge in [0, 0.05) is 18.7 Å². The number of hydrogen-bond donors (Lipinski definition) is 0. The van der Waals surface area contributed by atoms with E-state index in [2.05, 4.69) is 6.92 Å². The van der Waals surface area contributed by atoms with Crippen LogP contribution in [0.4, 0.5) is 5.69 Å². The molecule has 1 rings (SSSR count). The second kappa shape index (κ2) is 35.4. The number of benzene rings is 1. The van der Waals surface area contributed by atoms with Gasteiger partial charge in [0.05, 0.1) is 104 Å². The van der Waals surface area contributed by atoms with Crippen molar-refractivity contribution in [3.8, 4) is 5.75 Å². The quantitative estimate of drug-likeness (QED) is 0.0439. The molecule has 1 aromatic rings. The lowest BCUT2D eigenvalue weighted by atomic mass is 10.1. The highest BCUT2D eigenvalue weighted by molar-refractivity contribution is 5.35. The lowest BCUT2D eigenvalue weighted by Gasteiger charge is -2.09. The van der Waals surface area contributed by atoms with Gasteiger partial charge in [-0.3, -0.25) is 10.1 Å². The van der Waals surface area contributed by atoms with Crippen LogP contribution in [0.15, 0.2) is 24.3 Å². The van der Waals surface area contributed by atoms with Crippen molar-refractivity contribution in [3.05, 3.63) is 34.4 Å². The largest absolute Gasteiger partial charge is 0.491 e. The average Bonchev–Trinajstić information content (AvgIpc) is 3.08. The van der Waals surface area contributed by atoms with Crippen molar-refractivity contribution >= 4 is 5.69 Å². The van der Waals surface area contributed by atoms with Gasteiger partial charge in [0.25, 0.3) is 5.69 Å². The van der Waals surface area contributed by atoms with Crippen molar-refractivity contribution in [2.24, 2.45) is 0 Å². The molecular formula is C35H63NO11. The Morgan fingerprint density at radius 2 is 0.723 bits per heavy atom. The smallest absolute Gasteiger partial charge is 0.269 e. The molecule has 0 aliphatic rings. The summed E-state index contributed by atoms with van der Waals surface area (Å²) >= 11 is 0. The molecule has 0 fully saturated rings. The van der Waals surface area contributed by atoms with Gasteiger partial charge in [-0.05, 0) is 18.6 Å². The normalized spacial score (nSPS) is 11.3. The minimum Gasteiger partial charge on any atom is -0.491 e. The SMILES string of the molecule is CCCCCCCCCCCCCOCCOCCOCCOCCOCCOCCOCCOCCOc1ccc([N+](=O)[O-])cc1. The van der Waals surface area contributed by atoms with E-state index in [0.717, 1.165) is 13.0 Å². The highest BCUT2D eigenvalue weighted by Gasteiger charge is 2.04. The molecule has 0 saturated heterocycles. The van der Waals surface area contributed by atoms with E-state index in [0.29, 0.717) is 111 Å². The molecule has 0 aliphatic heterocycles.